The van der Waals surface area contributed by atoms with Crippen molar-refractivity contribution in [3.05, 3.63) is 50.4 Å². The molecule has 7 heteroatoms. The summed E-state index contributed by atoms with van der Waals surface area (Å²) in [6.07, 6.45) is 0. The number of hydrogen-bond acceptors (Lipinski definition) is 4. The van der Waals surface area contributed by atoms with Crippen molar-refractivity contribution >= 4 is 49.1 Å². The Morgan fingerprint density at radius 1 is 1.10 bits per heavy atom. The zero-order valence-corrected chi connectivity index (χ0v) is 14.4. The molecular weight excluding hydrogens is 421 g/mol. The maximum Gasteiger partial charge on any atom is 0.260 e. The largest absolute Gasteiger partial charge is 0.398 e. The zero-order valence-electron chi connectivity index (χ0n) is 10.5. The van der Waals surface area contributed by atoms with Crippen molar-refractivity contribution in [1.29, 1.82) is 0 Å². The molecule has 1 aromatic heterocycles. The Morgan fingerprint density at radius 2 is 1.90 bits per heavy atom. The van der Waals surface area contributed by atoms with E-state index in [-0.39, 0.29) is 0 Å². The molecule has 2 aromatic carbocycles. The summed E-state index contributed by atoms with van der Waals surface area (Å²) in [6, 6.07) is 10.9. The Balaban J connectivity index is 2.01. The number of nitrogens with zero attached hydrogens (tertiary/aromatic N) is 2. The summed E-state index contributed by atoms with van der Waals surface area (Å²) in [6.45, 7) is 0. The van der Waals surface area contributed by atoms with Crippen molar-refractivity contribution in [1.82, 2.24) is 10.1 Å². The van der Waals surface area contributed by atoms with Gasteiger partial charge in [-0.25, -0.2) is 0 Å². The number of aromatic nitrogens is 2. The minimum atomic E-state index is 0.376. The minimum Gasteiger partial charge on any atom is -0.398 e. The molecule has 0 bridgehead atoms. The number of hydrogen-bond donors (Lipinski definition) is 1. The lowest BCUT2D eigenvalue weighted by molar-refractivity contribution is 0.432. The van der Waals surface area contributed by atoms with E-state index in [0.29, 0.717) is 28.0 Å². The maximum atomic E-state index is 5.97. The first-order valence-corrected chi connectivity index (χ1v) is 7.85. The summed E-state index contributed by atoms with van der Waals surface area (Å²) in [7, 11) is 0. The molecule has 0 unspecified atom stereocenters. The van der Waals surface area contributed by atoms with Crippen LogP contribution in [-0.2, 0) is 0 Å². The van der Waals surface area contributed by atoms with Crippen LogP contribution in [0, 0.1) is 0 Å². The van der Waals surface area contributed by atoms with Crippen LogP contribution in [0.15, 0.2) is 49.9 Å². The van der Waals surface area contributed by atoms with Gasteiger partial charge in [-0.3, -0.25) is 0 Å². The average Bonchev–Trinajstić information content (AvgIpc) is 2.91. The lowest BCUT2D eigenvalue weighted by Gasteiger charge is -2.00. The van der Waals surface area contributed by atoms with Gasteiger partial charge in [-0.15, -0.1) is 0 Å². The molecule has 0 saturated carbocycles. The van der Waals surface area contributed by atoms with Gasteiger partial charge in [0.1, 0.15) is 0 Å². The molecule has 0 radical (unpaired) electrons. The van der Waals surface area contributed by atoms with E-state index in [4.69, 9.17) is 21.9 Å². The molecule has 106 valence electrons. The topological polar surface area (TPSA) is 64.9 Å². The van der Waals surface area contributed by atoms with Gasteiger partial charge in [0.2, 0.25) is 5.82 Å². The molecule has 0 aliphatic heterocycles. The van der Waals surface area contributed by atoms with Crippen molar-refractivity contribution in [2.75, 3.05) is 5.73 Å². The molecule has 0 atom stereocenters. The Morgan fingerprint density at radius 3 is 2.62 bits per heavy atom. The molecule has 0 amide bonds. The predicted molar refractivity (Wildman–Crippen MR) is 90.0 cm³/mol. The van der Waals surface area contributed by atoms with Gasteiger partial charge in [0.15, 0.2) is 0 Å². The van der Waals surface area contributed by atoms with Crippen LogP contribution < -0.4 is 5.73 Å². The monoisotopic (exact) mass is 427 g/mol. The first kappa shape index (κ1) is 14.6. The molecule has 0 saturated heterocycles. The van der Waals surface area contributed by atoms with E-state index in [0.717, 1.165) is 14.5 Å². The van der Waals surface area contributed by atoms with Gasteiger partial charge in [0, 0.05) is 20.2 Å². The van der Waals surface area contributed by atoms with Crippen molar-refractivity contribution in [3.8, 4) is 22.8 Å². The van der Waals surface area contributed by atoms with Gasteiger partial charge in [0.05, 0.1) is 10.6 Å². The molecular formula is C14H8Br2ClN3O. The van der Waals surface area contributed by atoms with Gasteiger partial charge in [-0.1, -0.05) is 32.7 Å². The highest BCUT2D eigenvalue weighted by Crippen LogP contribution is 2.31. The zero-order chi connectivity index (χ0) is 15.0. The van der Waals surface area contributed by atoms with Crippen LogP contribution in [0.2, 0.25) is 5.02 Å². The standard InChI is InChI=1S/C14H8Br2ClN3O/c15-8-2-3-9(12(18)6-8)14-19-13(20-21-14)7-1-4-11(17)10(16)5-7/h1-6H,18H2. The van der Waals surface area contributed by atoms with E-state index >= 15 is 0 Å². The Bertz CT molecular complexity index is 820. The molecule has 0 aliphatic carbocycles. The molecule has 21 heavy (non-hydrogen) atoms. The second-order valence-electron chi connectivity index (χ2n) is 4.28. The average molecular weight is 429 g/mol. The van der Waals surface area contributed by atoms with Crippen molar-refractivity contribution in [3.63, 3.8) is 0 Å². The second kappa shape index (κ2) is 5.79. The van der Waals surface area contributed by atoms with Crippen LogP contribution in [0.3, 0.4) is 0 Å². The van der Waals surface area contributed by atoms with Gasteiger partial charge < -0.3 is 10.3 Å². The van der Waals surface area contributed by atoms with Gasteiger partial charge >= 0.3 is 0 Å². The van der Waals surface area contributed by atoms with Crippen LogP contribution in [0.5, 0.6) is 0 Å². The van der Waals surface area contributed by atoms with Gasteiger partial charge in [-0.05, 0) is 52.3 Å². The Hall–Kier alpha value is -1.37. The maximum absolute atomic E-state index is 5.97. The second-order valence-corrected chi connectivity index (χ2v) is 6.46. The fourth-order valence-corrected chi connectivity index (χ4v) is 2.69. The number of rotatable bonds is 2. The van der Waals surface area contributed by atoms with Crippen LogP contribution in [-0.4, -0.2) is 10.1 Å². The number of halogens is 3. The lowest BCUT2D eigenvalue weighted by Crippen LogP contribution is -1.90. The first-order valence-electron chi connectivity index (χ1n) is 5.89. The van der Waals surface area contributed by atoms with E-state index in [9.17, 15) is 0 Å². The summed E-state index contributed by atoms with van der Waals surface area (Å²) < 4.78 is 6.96. The van der Waals surface area contributed by atoms with Crippen molar-refractivity contribution < 1.29 is 4.52 Å². The molecule has 3 aromatic rings. The van der Waals surface area contributed by atoms with Crippen LogP contribution in [0.4, 0.5) is 5.69 Å². The molecule has 0 spiro atoms. The lowest BCUT2D eigenvalue weighted by atomic mass is 10.2. The molecule has 2 N–H and O–H groups in total. The summed E-state index contributed by atoms with van der Waals surface area (Å²) in [4.78, 5) is 4.38. The third-order valence-electron chi connectivity index (χ3n) is 2.85. The van der Waals surface area contributed by atoms with Crippen LogP contribution in [0.25, 0.3) is 22.8 Å². The first-order chi connectivity index (χ1) is 10.0. The highest BCUT2D eigenvalue weighted by Gasteiger charge is 2.14. The van der Waals surface area contributed by atoms with Crippen molar-refractivity contribution in [2.45, 2.75) is 0 Å². The third kappa shape index (κ3) is 2.97. The predicted octanol–water partition coefficient (Wildman–Crippen LogP) is 5.16. The van der Waals surface area contributed by atoms with Gasteiger partial charge in [-0.2, -0.15) is 4.98 Å². The fraction of sp³-hybridized carbons (Fsp3) is 0. The quantitative estimate of drug-likeness (QED) is 0.571. The summed E-state index contributed by atoms with van der Waals surface area (Å²) in [5.74, 6) is 0.853. The molecule has 1 heterocycles. The number of nitrogen functional groups attached to an aromatic ring is 1. The van der Waals surface area contributed by atoms with Crippen LogP contribution >= 0.6 is 43.5 Å². The number of nitrogens with two attached hydrogens (primary N) is 1. The molecule has 4 nitrogen and oxygen atoms in total. The third-order valence-corrected chi connectivity index (χ3v) is 4.56. The van der Waals surface area contributed by atoms with Crippen molar-refractivity contribution in [2.24, 2.45) is 0 Å². The van der Waals surface area contributed by atoms with E-state index in [1.165, 1.54) is 0 Å². The van der Waals surface area contributed by atoms with E-state index in [1.54, 1.807) is 12.1 Å². The summed E-state index contributed by atoms with van der Waals surface area (Å²) in [5.41, 5.74) is 8.03. The summed E-state index contributed by atoms with van der Waals surface area (Å²) in [5, 5.41) is 4.60. The number of benzene rings is 2. The normalized spacial score (nSPS) is 10.8. The van der Waals surface area contributed by atoms with E-state index < -0.39 is 0 Å². The summed E-state index contributed by atoms with van der Waals surface area (Å²) >= 11 is 12.7. The minimum absolute atomic E-state index is 0.376. The highest BCUT2D eigenvalue weighted by atomic mass is 79.9. The Labute approximate surface area is 142 Å². The van der Waals surface area contributed by atoms with E-state index in [2.05, 4.69) is 42.0 Å². The SMILES string of the molecule is Nc1cc(Br)ccc1-c1nc(-c2ccc(Cl)c(Br)c2)no1. The smallest absolute Gasteiger partial charge is 0.260 e. The van der Waals surface area contributed by atoms with E-state index in [1.807, 2.05) is 24.3 Å². The Kier molecular flexibility index (Phi) is 4.01. The highest BCUT2D eigenvalue weighted by molar-refractivity contribution is 9.10. The fourth-order valence-electron chi connectivity index (χ4n) is 1.81. The molecule has 0 aliphatic rings. The van der Waals surface area contributed by atoms with Crippen LogP contribution in [0.1, 0.15) is 0 Å². The number of anilines is 1. The molecule has 3 rings (SSSR count). The molecule has 0 fully saturated rings. The van der Waals surface area contributed by atoms with Gasteiger partial charge in [0.25, 0.3) is 5.89 Å².